The summed E-state index contributed by atoms with van der Waals surface area (Å²) in [7, 11) is 0. The number of likely N-dealkylation sites (tertiary alicyclic amines) is 1. The number of carbonyl (C=O) groups is 1. The van der Waals surface area contributed by atoms with Crippen LogP contribution in [-0.4, -0.2) is 49.8 Å². The molecule has 1 atom stereocenters. The molecule has 24 heavy (non-hydrogen) atoms. The molecule has 2 saturated heterocycles. The third kappa shape index (κ3) is 5.13. The van der Waals surface area contributed by atoms with Gasteiger partial charge in [0, 0.05) is 25.4 Å². The molecule has 1 amide bonds. The molecule has 132 valence electrons. The molecule has 2 fully saturated rings. The van der Waals surface area contributed by atoms with Gasteiger partial charge in [0.2, 0.25) is 5.91 Å². The third-order valence-corrected chi connectivity index (χ3v) is 4.72. The zero-order chi connectivity index (χ0) is 16.6. The second-order valence-electron chi connectivity index (χ2n) is 6.62. The van der Waals surface area contributed by atoms with Crippen LogP contribution in [-0.2, 0) is 9.53 Å². The van der Waals surface area contributed by atoms with Crippen molar-refractivity contribution < 1.29 is 14.3 Å². The zero-order valence-corrected chi connectivity index (χ0v) is 14.3. The van der Waals surface area contributed by atoms with Gasteiger partial charge in [0.15, 0.2) is 0 Å². The van der Waals surface area contributed by atoms with Crippen LogP contribution in [0.5, 0.6) is 5.75 Å². The number of amides is 1. The highest BCUT2D eigenvalue weighted by Crippen LogP contribution is 2.18. The number of hydrogen-bond donors (Lipinski definition) is 1. The van der Waals surface area contributed by atoms with Crippen molar-refractivity contribution >= 4 is 11.6 Å². The summed E-state index contributed by atoms with van der Waals surface area (Å²) in [6.45, 7) is 3.62. The van der Waals surface area contributed by atoms with Gasteiger partial charge in [-0.1, -0.05) is 12.8 Å². The van der Waals surface area contributed by atoms with E-state index in [1.54, 1.807) is 0 Å². The number of anilines is 1. The molecular weight excluding hydrogens is 304 g/mol. The summed E-state index contributed by atoms with van der Waals surface area (Å²) in [5, 5.41) is 3.22. The second kappa shape index (κ2) is 8.92. The lowest BCUT2D eigenvalue weighted by Crippen LogP contribution is -2.36. The van der Waals surface area contributed by atoms with Crippen molar-refractivity contribution in [1.82, 2.24) is 4.90 Å². The summed E-state index contributed by atoms with van der Waals surface area (Å²) in [6, 6.07) is 7.79. The molecule has 1 aromatic carbocycles. The summed E-state index contributed by atoms with van der Waals surface area (Å²) >= 11 is 0. The summed E-state index contributed by atoms with van der Waals surface area (Å²) in [5.74, 6) is 1.03. The van der Waals surface area contributed by atoms with Gasteiger partial charge in [-0.2, -0.15) is 0 Å². The Labute approximate surface area is 144 Å². The van der Waals surface area contributed by atoms with E-state index in [4.69, 9.17) is 9.47 Å². The Balaban J connectivity index is 1.41. The van der Waals surface area contributed by atoms with Gasteiger partial charge in [0.25, 0.3) is 0 Å². The molecule has 1 N–H and O–H groups in total. The number of benzene rings is 1. The molecule has 0 aliphatic carbocycles. The van der Waals surface area contributed by atoms with Gasteiger partial charge in [-0.15, -0.1) is 0 Å². The predicted octanol–water partition coefficient (Wildman–Crippen LogP) is 3.06. The monoisotopic (exact) mass is 332 g/mol. The highest BCUT2D eigenvalue weighted by atomic mass is 16.5. The molecule has 1 aromatic rings. The van der Waals surface area contributed by atoms with Crippen molar-refractivity contribution in [2.75, 3.05) is 38.2 Å². The van der Waals surface area contributed by atoms with Gasteiger partial charge in [-0.3, -0.25) is 4.79 Å². The Bertz CT molecular complexity index is 504. The summed E-state index contributed by atoms with van der Waals surface area (Å²) < 4.78 is 11.3. The molecule has 0 radical (unpaired) electrons. The molecule has 0 spiro atoms. The minimum Gasteiger partial charge on any atom is -0.491 e. The largest absolute Gasteiger partial charge is 0.491 e. The van der Waals surface area contributed by atoms with E-state index in [0.29, 0.717) is 13.2 Å². The van der Waals surface area contributed by atoms with E-state index >= 15 is 0 Å². The molecule has 0 aromatic heterocycles. The topological polar surface area (TPSA) is 50.8 Å². The molecule has 2 aliphatic rings. The lowest BCUT2D eigenvalue weighted by atomic mass is 10.2. The first kappa shape index (κ1) is 17.1. The van der Waals surface area contributed by atoms with E-state index in [1.165, 1.54) is 12.8 Å². The minimum atomic E-state index is 0.190. The molecule has 0 bridgehead atoms. The van der Waals surface area contributed by atoms with Crippen molar-refractivity contribution in [1.29, 1.82) is 0 Å². The van der Waals surface area contributed by atoms with Crippen molar-refractivity contribution in [3.05, 3.63) is 24.3 Å². The van der Waals surface area contributed by atoms with Crippen LogP contribution in [0.15, 0.2) is 24.3 Å². The Hall–Kier alpha value is -1.75. The molecule has 5 heteroatoms. The lowest BCUT2D eigenvalue weighted by molar-refractivity contribution is -0.129. The first-order valence-electron chi connectivity index (χ1n) is 9.17. The molecule has 2 aliphatic heterocycles. The number of nitrogens with one attached hydrogen (secondary N) is 1. The summed E-state index contributed by atoms with van der Waals surface area (Å²) in [6.07, 6.45) is 7.18. The Kier molecular flexibility index (Phi) is 6.35. The third-order valence-electron chi connectivity index (χ3n) is 4.72. The van der Waals surface area contributed by atoms with E-state index in [0.717, 1.165) is 56.8 Å². The van der Waals surface area contributed by atoms with E-state index in [1.807, 2.05) is 29.2 Å². The molecule has 0 saturated carbocycles. The van der Waals surface area contributed by atoms with Gasteiger partial charge < -0.3 is 19.7 Å². The standard InChI is InChI=1S/C19H28N2O3/c22-19(21-11-3-1-2-4-12-21)14-20-16-7-9-17(10-8-16)24-15-18-6-5-13-23-18/h7-10,18,20H,1-6,11-15H2. The molecule has 3 rings (SSSR count). The molecule has 5 nitrogen and oxygen atoms in total. The number of hydrogen-bond acceptors (Lipinski definition) is 4. The van der Waals surface area contributed by atoms with Crippen LogP contribution in [0.2, 0.25) is 0 Å². The van der Waals surface area contributed by atoms with Crippen LogP contribution < -0.4 is 10.1 Å². The van der Waals surface area contributed by atoms with Crippen LogP contribution in [0.4, 0.5) is 5.69 Å². The highest BCUT2D eigenvalue weighted by Gasteiger charge is 2.16. The smallest absolute Gasteiger partial charge is 0.241 e. The SMILES string of the molecule is O=C(CNc1ccc(OCC2CCCO2)cc1)N1CCCCCC1. The Morgan fingerprint density at radius 2 is 1.88 bits per heavy atom. The van der Waals surface area contributed by atoms with Crippen molar-refractivity contribution in [2.45, 2.75) is 44.6 Å². The van der Waals surface area contributed by atoms with Crippen LogP contribution in [0.3, 0.4) is 0 Å². The fourth-order valence-electron chi connectivity index (χ4n) is 3.24. The first-order chi connectivity index (χ1) is 11.8. The molecule has 1 unspecified atom stereocenters. The maximum Gasteiger partial charge on any atom is 0.241 e. The lowest BCUT2D eigenvalue weighted by Gasteiger charge is -2.20. The predicted molar refractivity (Wildman–Crippen MR) is 94.4 cm³/mol. The van der Waals surface area contributed by atoms with Crippen LogP contribution in [0, 0.1) is 0 Å². The molecular formula is C19H28N2O3. The van der Waals surface area contributed by atoms with E-state index in [-0.39, 0.29) is 12.0 Å². The number of rotatable bonds is 6. The normalized spacial score (nSPS) is 21.3. The average Bonchev–Trinajstić information content (AvgIpc) is 2.99. The Morgan fingerprint density at radius 3 is 2.54 bits per heavy atom. The first-order valence-corrected chi connectivity index (χ1v) is 9.17. The maximum absolute atomic E-state index is 12.3. The number of ether oxygens (including phenoxy) is 2. The van der Waals surface area contributed by atoms with E-state index < -0.39 is 0 Å². The van der Waals surface area contributed by atoms with Crippen LogP contribution in [0.25, 0.3) is 0 Å². The van der Waals surface area contributed by atoms with E-state index in [9.17, 15) is 4.79 Å². The van der Waals surface area contributed by atoms with Gasteiger partial charge in [-0.05, 0) is 49.9 Å². The van der Waals surface area contributed by atoms with Crippen molar-refractivity contribution in [3.8, 4) is 5.75 Å². The zero-order valence-electron chi connectivity index (χ0n) is 14.3. The van der Waals surface area contributed by atoms with Gasteiger partial charge in [0.1, 0.15) is 12.4 Å². The average molecular weight is 332 g/mol. The number of carbonyl (C=O) groups excluding carboxylic acids is 1. The van der Waals surface area contributed by atoms with Crippen LogP contribution >= 0.6 is 0 Å². The second-order valence-corrected chi connectivity index (χ2v) is 6.62. The van der Waals surface area contributed by atoms with Gasteiger partial charge in [-0.25, -0.2) is 0 Å². The number of nitrogens with zero attached hydrogens (tertiary/aromatic N) is 1. The Morgan fingerprint density at radius 1 is 1.12 bits per heavy atom. The quantitative estimate of drug-likeness (QED) is 0.870. The molecule has 2 heterocycles. The van der Waals surface area contributed by atoms with Gasteiger partial charge >= 0.3 is 0 Å². The minimum absolute atomic E-state index is 0.190. The van der Waals surface area contributed by atoms with E-state index in [2.05, 4.69) is 5.32 Å². The van der Waals surface area contributed by atoms with Crippen molar-refractivity contribution in [2.24, 2.45) is 0 Å². The highest BCUT2D eigenvalue weighted by molar-refractivity contribution is 5.80. The van der Waals surface area contributed by atoms with Crippen LogP contribution in [0.1, 0.15) is 38.5 Å². The fourth-order valence-corrected chi connectivity index (χ4v) is 3.24. The fraction of sp³-hybridized carbons (Fsp3) is 0.632. The summed E-state index contributed by atoms with van der Waals surface area (Å²) in [5.41, 5.74) is 0.947. The van der Waals surface area contributed by atoms with Gasteiger partial charge in [0.05, 0.1) is 12.6 Å². The maximum atomic E-state index is 12.3. The summed E-state index contributed by atoms with van der Waals surface area (Å²) in [4.78, 5) is 14.3. The van der Waals surface area contributed by atoms with Crippen molar-refractivity contribution in [3.63, 3.8) is 0 Å².